The van der Waals surface area contributed by atoms with Crippen molar-refractivity contribution in [3.8, 4) is 11.5 Å². The highest BCUT2D eigenvalue weighted by molar-refractivity contribution is 5.90. The van der Waals surface area contributed by atoms with Crippen molar-refractivity contribution in [2.24, 2.45) is 0 Å². The van der Waals surface area contributed by atoms with Gasteiger partial charge in [-0.15, -0.1) is 10.2 Å². The maximum Gasteiger partial charge on any atom is 0.242 e. The van der Waals surface area contributed by atoms with E-state index in [0.717, 1.165) is 17.0 Å². The van der Waals surface area contributed by atoms with Crippen LogP contribution in [-0.4, -0.2) is 58.1 Å². The minimum atomic E-state index is -0.505. The largest absolute Gasteiger partial charge is 0.497 e. The van der Waals surface area contributed by atoms with Crippen molar-refractivity contribution in [1.82, 2.24) is 24.8 Å². The van der Waals surface area contributed by atoms with E-state index in [0.29, 0.717) is 43.9 Å². The number of nitrogens with one attached hydrogen (secondary N) is 1. The fraction of sp³-hybridized carbons (Fsp3) is 0.364. The van der Waals surface area contributed by atoms with E-state index in [9.17, 15) is 9.59 Å². The highest BCUT2D eigenvalue weighted by Gasteiger charge is 2.36. The molecule has 1 aliphatic heterocycles. The third-order valence-electron chi connectivity index (χ3n) is 5.50. The zero-order chi connectivity index (χ0) is 21.8. The van der Waals surface area contributed by atoms with Crippen molar-refractivity contribution in [3.63, 3.8) is 0 Å². The number of pyridine rings is 1. The molecular weight excluding hydrogens is 398 g/mol. The molecule has 0 spiro atoms. The second-order valence-electron chi connectivity index (χ2n) is 7.34. The first-order valence-electron chi connectivity index (χ1n) is 10.2. The molecule has 9 nitrogen and oxygen atoms in total. The monoisotopic (exact) mass is 423 g/mol. The number of nitrogens with zero attached hydrogens (tertiary/aromatic N) is 4. The van der Waals surface area contributed by atoms with Crippen molar-refractivity contribution in [3.05, 3.63) is 54.0 Å². The van der Waals surface area contributed by atoms with Crippen LogP contribution in [0.5, 0.6) is 11.5 Å². The van der Waals surface area contributed by atoms with Gasteiger partial charge in [0.25, 0.3) is 0 Å². The molecule has 0 saturated carbocycles. The summed E-state index contributed by atoms with van der Waals surface area (Å²) >= 11 is 0. The van der Waals surface area contributed by atoms with Crippen LogP contribution in [0.4, 0.5) is 0 Å². The van der Waals surface area contributed by atoms with Crippen LogP contribution in [0.1, 0.15) is 24.2 Å². The average molecular weight is 423 g/mol. The molecule has 1 fully saturated rings. The van der Waals surface area contributed by atoms with Crippen LogP contribution in [0.2, 0.25) is 0 Å². The summed E-state index contributed by atoms with van der Waals surface area (Å²) in [5.41, 5.74) is 1.59. The van der Waals surface area contributed by atoms with E-state index in [4.69, 9.17) is 9.47 Å². The van der Waals surface area contributed by atoms with E-state index in [1.54, 1.807) is 25.2 Å². The second-order valence-corrected chi connectivity index (χ2v) is 7.34. The SMILES string of the molecule is COc1ccc(CN2C(=O)CCC2C(=O)NCCc2nnc3ccccn23)c(OC)c1. The number of rotatable bonds is 8. The lowest BCUT2D eigenvalue weighted by molar-refractivity contribution is -0.135. The quantitative estimate of drug-likeness (QED) is 0.591. The predicted molar refractivity (Wildman–Crippen MR) is 113 cm³/mol. The highest BCUT2D eigenvalue weighted by atomic mass is 16.5. The molecule has 1 aliphatic rings. The van der Waals surface area contributed by atoms with Gasteiger partial charge in [0.15, 0.2) is 5.65 Å². The Bertz CT molecular complexity index is 1100. The number of carbonyl (C=O) groups excluding carboxylic acids is 2. The fourth-order valence-electron chi connectivity index (χ4n) is 3.85. The number of fused-ring (bicyclic) bond motifs is 1. The zero-order valence-corrected chi connectivity index (χ0v) is 17.6. The molecule has 0 aliphatic carbocycles. The number of amides is 2. The Morgan fingerprint density at radius 2 is 2.06 bits per heavy atom. The topological polar surface area (TPSA) is 98.1 Å². The number of hydrogen-bond donors (Lipinski definition) is 1. The number of aromatic nitrogens is 3. The first kappa shape index (κ1) is 20.6. The molecule has 2 amide bonds. The van der Waals surface area contributed by atoms with Crippen molar-refractivity contribution in [2.75, 3.05) is 20.8 Å². The van der Waals surface area contributed by atoms with Gasteiger partial charge in [0.05, 0.1) is 20.8 Å². The standard InChI is InChI=1S/C22H25N5O4/c1-30-16-7-6-15(18(13-16)31-2)14-27-17(8-9-21(27)28)22(29)23-11-10-20-25-24-19-5-3-4-12-26(19)20/h3-7,12-13,17H,8-11,14H2,1-2H3,(H,23,29). The third-order valence-corrected chi connectivity index (χ3v) is 5.50. The summed E-state index contributed by atoms with van der Waals surface area (Å²) < 4.78 is 12.6. The number of ether oxygens (including phenoxy) is 2. The molecule has 3 aromatic rings. The molecule has 162 valence electrons. The third kappa shape index (κ3) is 4.30. The van der Waals surface area contributed by atoms with Gasteiger partial charge in [-0.2, -0.15) is 0 Å². The molecule has 1 unspecified atom stereocenters. The van der Waals surface area contributed by atoms with Crippen LogP contribution < -0.4 is 14.8 Å². The van der Waals surface area contributed by atoms with Crippen molar-refractivity contribution >= 4 is 17.5 Å². The molecule has 4 rings (SSSR count). The molecular formula is C22H25N5O4. The molecule has 9 heteroatoms. The number of likely N-dealkylation sites (tertiary alicyclic amines) is 1. The summed E-state index contributed by atoms with van der Waals surface area (Å²) in [4.78, 5) is 26.9. The van der Waals surface area contributed by atoms with Crippen LogP contribution in [0.25, 0.3) is 5.65 Å². The van der Waals surface area contributed by atoms with E-state index in [1.165, 1.54) is 0 Å². The Kier molecular flexibility index (Phi) is 6.01. The van der Waals surface area contributed by atoms with Crippen LogP contribution in [0, 0.1) is 0 Å². The van der Waals surface area contributed by atoms with Gasteiger partial charge in [0.2, 0.25) is 11.8 Å². The molecule has 31 heavy (non-hydrogen) atoms. The Hall–Kier alpha value is -3.62. The molecule has 2 aromatic heterocycles. The lowest BCUT2D eigenvalue weighted by atomic mass is 10.1. The summed E-state index contributed by atoms with van der Waals surface area (Å²) in [5.74, 6) is 1.87. The highest BCUT2D eigenvalue weighted by Crippen LogP contribution is 2.29. The molecule has 1 atom stereocenters. The summed E-state index contributed by atoms with van der Waals surface area (Å²) in [5, 5.41) is 11.2. The lowest BCUT2D eigenvalue weighted by Gasteiger charge is -2.25. The molecule has 1 aromatic carbocycles. The predicted octanol–water partition coefficient (Wildman–Crippen LogP) is 1.60. The Labute approximate surface area is 180 Å². The second kappa shape index (κ2) is 9.03. The minimum Gasteiger partial charge on any atom is -0.497 e. The van der Waals surface area contributed by atoms with E-state index in [2.05, 4.69) is 15.5 Å². The first-order chi connectivity index (χ1) is 15.1. The van der Waals surface area contributed by atoms with E-state index in [-0.39, 0.29) is 11.8 Å². The number of hydrogen-bond acceptors (Lipinski definition) is 6. The molecule has 0 radical (unpaired) electrons. The zero-order valence-electron chi connectivity index (χ0n) is 17.6. The van der Waals surface area contributed by atoms with E-state index in [1.807, 2.05) is 40.9 Å². The number of benzene rings is 1. The maximum absolute atomic E-state index is 12.8. The van der Waals surface area contributed by atoms with E-state index >= 15 is 0 Å². The number of carbonyl (C=O) groups is 2. The van der Waals surface area contributed by atoms with Gasteiger partial charge in [-0.3, -0.25) is 14.0 Å². The molecule has 1 saturated heterocycles. The Balaban J connectivity index is 1.40. The van der Waals surface area contributed by atoms with Crippen LogP contribution in [0.3, 0.4) is 0 Å². The summed E-state index contributed by atoms with van der Waals surface area (Å²) in [6.07, 6.45) is 3.29. The smallest absolute Gasteiger partial charge is 0.242 e. The van der Waals surface area contributed by atoms with Crippen molar-refractivity contribution in [2.45, 2.75) is 31.8 Å². The average Bonchev–Trinajstić information content (AvgIpc) is 3.37. The Morgan fingerprint density at radius 3 is 2.87 bits per heavy atom. The van der Waals surface area contributed by atoms with Crippen LogP contribution in [0.15, 0.2) is 42.6 Å². The van der Waals surface area contributed by atoms with Crippen LogP contribution >= 0.6 is 0 Å². The fourth-order valence-corrected chi connectivity index (χ4v) is 3.85. The van der Waals surface area contributed by atoms with Crippen LogP contribution in [-0.2, 0) is 22.6 Å². The summed E-state index contributed by atoms with van der Waals surface area (Å²) in [7, 11) is 3.16. The van der Waals surface area contributed by atoms with Gasteiger partial charge in [-0.1, -0.05) is 6.07 Å². The van der Waals surface area contributed by atoms with Gasteiger partial charge < -0.3 is 19.7 Å². The van der Waals surface area contributed by atoms with Gasteiger partial charge in [0.1, 0.15) is 23.4 Å². The summed E-state index contributed by atoms with van der Waals surface area (Å²) in [6.45, 7) is 0.720. The lowest BCUT2D eigenvalue weighted by Crippen LogP contribution is -2.44. The van der Waals surface area contributed by atoms with Crippen molar-refractivity contribution < 1.29 is 19.1 Å². The van der Waals surface area contributed by atoms with Gasteiger partial charge in [0, 0.05) is 37.2 Å². The molecule has 0 bridgehead atoms. The molecule has 3 heterocycles. The van der Waals surface area contributed by atoms with Gasteiger partial charge in [-0.25, -0.2) is 0 Å². The summed E-state index contributed by atoms with van der Waals surface area (Å²) in [6, 6.07) is 10.6. The van der Waals surface area contributed by atoms with E-state index < -0.39 is 6.04 Å². The maximum atomic E-state index is 12.8. The normalized spacial score (nSPS) is 16.0. The first-order valence-corrected chi connectivity index (χ1v) is 10.2. The van der Waals surface area contributed by atoms with Crippen molar-refractivity contribution in [1.29, 1.82) is 0 Å². The minimum absolute atomic E-state index is 0.0403. The Morgan fingerprint density at radius 1 is 1.19 bits per heavy atom. The molecule has 1 N–H and O–H groups in total. The van der Waals surface area contributed by atoms with Gasteiger partial charge in [-0.05, 0) is 30.7 Å². The number of methoxy groups -OCH3 is 2. The van der Waals surface area contributed by atoms with Gasteiger partial charge >= 0.3 is 0 Å².